The Morgan fingerprint density at radius 3 is 2.93 bits per heavy atom. The van der Waals surface area contributed by atoms with E-state index in [0.29, 0.717) is 25.6 Å². The number of hydrogen-bond acceptors (Lipinski definition) is 3. The molecule has 1 aromatic heterocycles. The predicted octanol–water partition coefficient (Wildman–Crippen LogP) is 2.67. The van der Waals surface area contributed by atoms with Crippen molar-refractivity contribution in [1.82, 2.24) is 19.8 Å². The lowest BCUT2D eigenvalue weighted by Crippen LogP contribution is -2.43. The van der Waals surface area contributed by atoms with Crippen LogP contribution in [0, 0.1) is 0 Å². The molecule has 1 fully saturated rings. The predicted molar refractivity (Wildman–Crippen MR) is 106 cm³/mol. The van der Waals surface area contributed by atoms with Crippen molar-refractivity contribution in [3.8, 4) is 0 Å². The number of nitrogens with one attached hydrogen (secondary N) is 1. The molecule has 6 heteroatoms. The van der Waals surface area contributed by atoms with Crippen LogP contribution in [0.4, 0.5) is 0 Å². The van der Waals surface area contributed by atoms with E-state index in [4.69, 9.17) is 4.98 Å². The minimum Gasteiger partial charge on any atom is -0.353 e. The molecular weight excluding hydrogens is 340 g/mol. The van der Waals surface area contributed by atoms with E-state index in [0.717, 1.165) is 42.7 Å². The van der Waals surface area contributed by atoms with Gasteiger partial charge in [0.1, 0.15) is 12.4 Å². The number of aromatic nitrogens is 2. The molecule has 1 N–H and O–H groups in total. The van der Waals surface area contributed by atoms with E-state index in [1.807, 2.05) is 33.7 Å². The van der Waals surface area contributed by atoms with Crippen LogP contribution in [0.15, 0.2) is 36.9 Å². The van der Waals surface area contributed by atoms with Crippen molar-refractivity contribution in [1.29, 1.82) is 0 Å². The molecule has 1 unspecified atom stereocenters. The number of carbonyl (C=O) groups excluding carboxylic acids is 2. The van der Waals surface area contributed by atoms with Crippen molar-refractivity contribution in [3.63, 3.8) is 0 Å². The summed E-state index contributed by atoms with van der Waals surface area (Å²) in [7, 11) is 0. The van der Waals surface area contributed by atoms with Gasteiger partial charge >= 0.3 is 0 Å². The zero-order valence-corrected chi connectivity index (χ0v) is 16.0. The maximum Gasteiger partial charge on any atom is 0.243 e. The van der Waals surface area contributed by atoms with Crippen LogP contribution >= 0.6 is 0 Å². The van der Waals surface area contributed by atoms with E-state index in [1.165, 1.54) is 12.5 Å². The SMILES string of the molecule is C=CC(=O)NCCCc1nc2ccccc2n1CC(=O)N1CCCCC1C. The number of hydrogen-bond donors (Lipinski definition) is 1. The molecule has 3 rings (SSSR count). The fraction of sp³-hybridized carbons (Fsp3) is 0.476. The number of para-hydroxylation sites is 2. The van der Waals surface area contributed by atoms with Crippen LogP contribution in [0.25, 0.3) is 11.0 Å². The summed E-state index contributed by atoms with van der Waals surface area (Å²) in [4.78, 5) is 31.0. The second-order valence-electron chi connectivity index (χ2n) is 7.13. The van der Waals surface area contributed by atoms with Gasteiger partial charge in [0.25, 0.3) is 0 Å². The standard InChI is InChI=1S/C21H28N4O2/c1-3-20(26)22-13-8-12-19-23-17-10-4-5-11-18(17)25(19)15-21(27)24-14-7-6-9-16(24)2/h3-5,10-11,16H,1,6-9,12-15H2,2H3,(H,22,26). The van der Waals surface area contributed by atoms with Crippen LogP contribution in [0.3, 0.4) is 0 Å². The summed E-state index contributed by atoms with van der Waals surface area (Å²) >= 11 is 0. The van der Waals surface area contributed by atoms with E-state index >= 15 is 0 Å². The quantitative estimate of drug-likeness (QED) is 0.603. The topological polar surface area (TPSA) is 67.2 Å². The van der Waals surface area contributed by atoms with Crippen LogP contribution in [-0.2, 0) is 22.6 Å². The fourth-order valence-electron chi connectivity index (χ4n) is 3.72. The molecule has 144 valence electrons. The minimum absolute atomic E-state index is 0.159. The summed E-state index contributed by atoms with van der Waals surface area (Å²) in [5.74, 6) is 0.881. The first-order valence-electron chi connectivity index (χ1n) is 9.74. The van der Waals surface area contributed by atoms with Gasteiger partial charge in [0, 0.05) is 25.6 Å². The summed E-state index contributed by atoms with van der Waals surface area (Å²) in [5, 5.41) is 2.78. The van der Waals surface area contributed by atoms with Gasteiger partial charge in [-0.3, -0.25) is 9.59 Å². The lowest BCUT2D eigenvalue weighted by Gasteiger charge is -2.33. The first kappa shape index (κ1) is 19.1. The van der Waals surface area contributed by atoms with E-state index in [-0.39, 0.29) is 11.8 Å². The van der Waals surface area contributed by atoms with Gasteiger partial charge in [0.05, 0.1) is 11.0 Å². The van der Waals surface area contributed by atoms with Crippen molar-refractivity contribution in [3.05, 3.63) is 42.7 Å². The second-order valence-corrected chi connectivity index (χ2v) is 7.13. The van der Waals surface area contributed by atoms with Gasteiger partial charge < -0.3 is 14.8 Å². The smallest absolute Gasteiger partial charge is 0.243 e. The van der Waals surface area contributed by atoms with Gasteiger partial charge in [-0.25, -0.2) is 4.98 Å². The number of amides is 2. The zero-order chi connectivity index (χ0) is 19.2. The molecule has 1 aliphatic rings. The van der Waals surface area contributed by atoms with E-state index in [1.54, 1.807) is 0 Å². The maximum atomic E-state index is 12.9. The average Bonchev–Trinajstić information content (AvgIpc) is 3.02. The molecule has 0 saturated carbocycles. The number of piperidine rings is 1. The van der Waals surface area contributed by atoms with Crippen molar-refractivity contribution in [2.45, 2.75) is 51.6 Å². The number of imidazole rings is 1. The molecule has 0 spiro atoms. The largest absolute Gasteiger partial charge is 0.353 e. The minimum atomic E-state index is -0.169. The van der Waals surface area contributed by atoms with Crippen LogP contribution in [0.5, 0.6) is 0 Å². The summed E-state index contributed by atoms with van der Waals surface area (Å²) in [6.45, 7) is 7.31. The number of nitrogens with zero attached hydrogens (tertiary/aromatic N) is 3. The Labute approximate surface area is 160 Å². The number of benzene rings is 1. The molecule has 1 saturated heterocycles. The van der Waals surface area contributed by atoms with Gasteiger partial charge in [-0.05, 0) is 50.8 Å². The Balaban J connectivity index is 1.75. The Hall–Kier alpha value is -2.63. The van der Waals surface area contributed by atoms with Gasteiger partial charge in [0.2, 0.25) is 11.8 Å². The Morgan fingerprint density at radius 2 is 2.15 bits per heavy atom. The molecule has 1 aliphatic heterocycles. The highest BCUT2D eigenvalue weighted by molar-refractivity contribution is 5.86. The first-order valence-corrected chi connectivity index (χ1v) is 9.74. The normalized spacial score (nSPS) is 17.1. The van der Waals surface area contributed by atoms with Crippen LogP contribution in [0.2, 0.25) is 0 Å². The lowest BCUT2D eigenvalue weighted by molar-refractivity contribution is -0.135. The molecule has 2 amide bonds. The Bertz CT molecular complexity index is 827. The van der Waals surface area contributed by atoms with Crippen LogP contribution in [-0.4, -0.2) is 45.4 Å². The Morgan fingerprint density at radius 1 is 1.33 bits per heavy atom. The second kappa shape index (κ2) is 8.84. The molecule has 1 atom stereocenters. The highest BCUT2D eigenvalue weighted by Gasteiger charge is 2.24. The summed E-state index contributed by atoms with van der Waals surface area (Å²) in [6.07, 6.45) is 6.09. The Kier molecular flexibility index (Phi) is 6.27. The third-order valence-corrected chi connectivity index (χ3v) is 5.21. The lowest BCUT2D eigenvalue weighted by atomic mass is 10.0. The van der Waals surface area contributed by atoms with E-state index in [2.05, 4.69) is 18.8 Å². The summed E-state index contributed by atoms with van der Waals surface area (Å²) in [6, 6.07) is 8.23. The summed E-state index contributed by atoms with van der Waals surface area (Å²) in [5.41, 5.74) is 1.89. The number of aryl methyl sites for hydroxylation is 1. The van der Waals surface area contributed by atoms with Crippen LogP contribution < -0.4 is 5.32 Å². The molecule has 0 radical (unpaired) electrons. The van der Waals surface area contributed by atoms with Crippen molar-refractivity contribution >= 4 is 22.8 Å². The van der Waals surface area contributed by atoms with E-state index < -0.39 is 0 Å². The van der Waals surface area contributed by atoms with Crippen molar-refractivity contribution in [2.24, 2.45) is 0 Å². The maximum absolute atomic E-state index is 12.9. The van der Waals surface area contributed by atoms with Gasteiger partial charge in [-0.1, -0.05) is 18.7 Å². The highest BCUT2D eigenvalue weighted by atomic mass is 16.2. The highest BCUT2D eigenvalue weighted by Crippen LogP contribution is 2.20. The van der Waals surface area contributed by atoms with Crippen molar-refractivity contribution in [2.75, 3.05) is 13.1 Å². The number of likely N-dealkylation sites (tertiary alicyclic amines) is 1. The summed E-state index contributed by atoms with van der Waals surface area (Å²) < 4.78 is 2.04. The molecule has 0 bridgehead atoms. The monoisotopic (exact) mass is 368 g/mol. The van der Waals surface area contributed by atoms with Gasteiger partial charge in [0.15, 0.2) is 0 Å². The van der Waals surface area contributed by atoms with Gasteiger partial charge in [-0.2, -0.15) is 0 Å². The molecule has 6 nitrogen and oxygen atoms in total. The first-order chi connectivity index (χ1) is 13.1. The van der Waals surface area contributed by atoms with Crippen LogP contribution in [0.1, 0.15) is 38.4 Å². The molecule has 1 aromatic carbocycles. The van der Waals surface area contributed by atoms with Crippen molar-refractivity contribution < 1.29 is 9.59 Å². The molecule has 0 aliphatic carbocycles. The third kappa shape index (κ3) is 4.56. The molecule has 2 aromatic rings. The fourth-order valence-corrected chi connectivity index (χ4v) is 3.72. The zero-order valence-electron chi connectivity index (χ0n) is 16.0. The molecule has 27 heavy (non-hydrogen) atoms. The average molecular weight is 368 g/mol. The molecular formula is C21H28N4O2. The number of rotatable bonds is 7. The number of fused-ring (bicyclic) bond motifs is 1. The third-order valence-electron chi connectivity index (χ3n) is 5.21. The van der Waals surface area contributed by atoms with Gasteiger partial charge in [-0.15, -0.1) is 0 Å². The molecule has 2 heterocycles. The number of carbonyl (C=O) groups is 2. The van der Waals surface area contributed by atoms with E-state index in [9.17, 15) is 9.59 Å².